The lowest BCUT2D eigenvalue weighted by molar-refractivity contribution is 0.226. The zero-order valence-electron chi connectivity index (χ0n) is 28.1. The van der Waals surface area contributed by atoms with Crippen LogP contribution in [0, 0.1) is 11.8 Å². The molecule has 2 unspecified atom stereocenters. The fraction of sp³-hybridized carbons (Fsp3) is 0.667. The molecule has 46 heavy (non-hydrogen) atoms. The van der Waals surface area contributed by atoms with Gasteiger partial charge >= 0.3 is 0 Å². The smallest absolute Gasteiger partial charge is 0.155 e. The zero-order valence-corrected chi connectivity index (χ0v) is 34.6. The Kier molecular flexibility index (Phi) is 17.4. The average molecular weight is 833 g/mol. The Morgan fingerprint density at radius 3 is 1.33 bits per heavy atom. The summed E-state index contributed by atoms with van der Waals surface area (Å²) in [4.78, 5) is 14.3. The maximum Gasteiger partial charge on any atom is 0.155 e. The molecule has 4 heterocycles. The first-order valence-electron chi connectivity index (χ1n) is 17.6. The second-order valence-corrected chi connectivity index (χ2v) is 19.3. The molecule has 0 spiro atoms. The third kappa shape index (κ3) is 11.8. The molecule has 0 bridgehead atoms. The van der Waals surface area contributed by atoms with Gasteiger partial charge in [0.05, 0.1) is 20.8 Å². The Morgan fingerprint density at radius 2 is 0.935 bits per heavy atom. The van der Waals surface area contributed by atoms with E-state index in [0.717, 1.165) is 61.7 Å². The minimum atomic E-state index is 0.608. The van der Waals surface area contributed by atoms with Crippen LogP contribution in [0.1, 0.15) is 130 Å². The van der Waals surface area contributed by atoms with Crippen LogP contribution in [0.4, 0.5) is 0 Å². The SMILES string of the molecule is CCCCCCC(CCCC)COc1cc(Br)sc1-c1nc2sc(-c3sc(Br)cc3OCC(CCCC)CCCCCC)nc2s1. The second kappa shape index (κ2) is 20.9. The number of unbranched alkanes of at least 4 members (excludes halogenated alkanes) is 8. The van der Waals surface area contributed by atoms with Crippen molar-refractivity contribution in [1.82, 2.24) is 9.97 Å². The van der Waals surface area contributed by atoms with Gasteiger partial charge in [-0.25, -0.2) is 9.97 Å². The van der Waals surface area contributed by atoms with Crippen molar-refractivity contribution in [1.29, 1.82) is 0 Å². The molecular formula is C36H52Br2N2O2S4. The number of hydrogen-bond acceptors (Lipinski definition) is 8. The van der Waals surface area contributed by atoms with Gasteiger partial charge in [-0.3, -0.25) is 0 Å². The van der Waals surface area contributed by atoms with Crippen LogP contribution in [0.15, 0.2) is 19.7 Å². The predicted octanol–water partition coefficient (Wildman–Crippen LogP) is 15.0. The Hall–Kier alpha value is -0.520. The molecule has 4 aromatic heterocycles. The quantitative estimate of drug-likeness (QED) is 0.0660. The fourth-order valence-electron chi connectivity index (χ4n) is 5.78. The van der Waals surface area contributed by atoms with E-state index in [1.807, 2.05) is 0 Å². The molecule has 0 aliphatic carbocycles. The second-order valence-electron chi connectivity index (χ2n) is 12.5. The number of nitrogens with zero attached hydrogens (tertiary/aromatic N) is 2. The highest BCUT2D eigenvalue weighted by Crippen LogP contribution is 2.48. The van der Waals surface area contributed by atoms with Gasteiger partial charge in [-0.05, 0) is 69.4 Å². The summed E-state index contributed by atoms with van der Waals surface area (Å²) in [5.74, 6) is 3.10. The number of aromatic nitrogens is 2. The van der Waals surface area contributed by atoms with Crippen LogP contribution in [0.25, 0.3) is 29.4 Å². The van der Waals surface area contributed by atoms with E-state index in [1.165, 1.54) is 103 Å². The van der Waals surface area contributed by atoms with Gasteiger partial charge in [0.15, 0.2) is 9.66 Å². The van der Waals surface area contributed by atoms with E-state index in [0.29, 0.717) is 11.8 Å². The Labute approximate surface area is 310 Å². The van der Waals surface area contributed by atoms with Gasteiger partial charge in [-0.1, -0.05) is 127 Å². The fourth-order valence-corrected chi connectivity index (χ4v) is 11.0. The van der Waals surface area contributed by atoms with Gasteiger partial charge in [-0.15, -0.1) is 22.7 Å². The number of thiazole rings is 2. The monoisotopic (exact) mass is 830 g/mol. The predicted molar refractivity (Wildman–Crippen MR) is 212 cm³/mol. The summed E-state index contributed by atoms with van der Waals surface area (Å²) in [5.41, 5.74) is 0. The van der Waals surface area contributed by atoms with Crippen molar-refractivity contribution >= 4 is 86.9 Å². The van der Waals surface area contributed by atoms with E-state index >= 15 is 0 Å². The molecule has 0 saturated heterocycles. The maximum atomic E-state index is 6.53. The van der Waals surface area contributed by atoms with Crippen LogP contribution in [-0.4, -0.2) is 23.2 Å². The topological polar surface area (TPSA) is 44.2 Å². The number of ether oxygens (including phenoxy) is 2. The zero-order chi connectivity index (χ0) is 32.7. The van der Waals surface area contributed by atoms with Gasteiger partial charge in [0.2, 0.25) is 0 Å². The van der Waals surface area contributed by atoms with Crippen molar-refractivity contribution in [3.05, 3.63) is 19.7 Å². The van der Waals surface area contributed by atoms with Crippen LogP contribution in [0.2, 0.25) is 0 Å². The highest BCUT2D eigenvalue weighted by atomic mass is 79.9. The number of thiophene rings is 2. The number of rotatable bonds is 24. The van der Waals surface area contributed by atoms with Crippen LogP contribution < -0.4 is 9.47 Å². The third-order valence-corrected chi connectivity index (χ3v) is 14.1. The van der Waals surface area contributed by atoms with Gasteiger partial charge < -0.3 is 9.47 Å². The summed E-state index contributed by atoms with van der Waals surface area (Å²) < 4.78 is 15.2. The molecule has 0 aromatic carbocycles. The average Bonchev–Trinajstić information content (AvgIpc) is 3.81. The van der Waals surface area contributed by atoms with Crippen LogP contribution in [0.5, 0.6) is 11.5 Å². The van der Waals surface area contributed by atoms with Crippen molar-refractivity contribution in [3.63, 3.8) is 0 Å². The first kappa shape index (κ1) is 38.3. The molecule has 256 valence electrons. The molecule has 10 heteroatoms. The lowest BCUT2D eigenvalue weighted by Gasteiger charge is -2.17. The summed E-state index contributed by atoms with van der Waals surface area (Å²) >= 11 is 14.2. The van der Waals surface area contributed by atoms with Crippen LogP contribution in [0.3, 0.4) is 0 Å². The minimum absolute atomic E-state index is 0.608. The molecule has 4 nitrogen and oxygen atoms in total. The normalized spacial score (nSPS) is 13.1. The number of hydrogen-bond donors (Lipinski definition) is 0. The summed E-state index contributed by atoms with van der Waals surface area (Å²) in [5, 5.41) is 1.98. The van der Waals surface area contributed by atoms with Crippen LogP contribution in [-0.2, 0) is 0 Å². The molecular weight excluding hydrogens is 780 g/mol. The molecule has 0 fully saturated rings. The molecule has 2 atom stereocenters. The summed E-state index contributed by atoms with van der Waals surface area (Å²) in [6, 6.07) is 4.24. The molecule has 4 aromatic rings. The molecule has 0 aliphatic heterocycles. The molecule has 0 N–H and O–H groups in total. The standard InChI is InChI=1S/C36H52Br2N2O2S4/c1-5-9-13-15-19-25(17-11-7-3)23-41-27-21-29(37)43-31(27)33-39-35-36(45-33)40-34(46-35)32-28(22-30(38)44-32)42-24-26(18-12-8-4)20-16-14-10-6-2/h21-22,25-26H,5-20,23-24H2,1-4H3. The first-order valence-corrected chi connectivity index (χ1v) is 22.4. The molecule has 0 radical (unpaired) electrons. The summed E-state index contributed by atoms with van der Waals surface area (Å²) in [6.45, 7) is 10.7. The van der Waals surface area contributed by atoms with E-state index in [2.05, 4.69) is 71.7 Å². The van der Waals surface area contributed by atoms with Crippen molar-refractivity contribution in [3.8, 4) is 31.3 Å². The minimum Gasteiger partial charge on any atom is -0.492 e. The summed E-state index contributed by atoms with van der Waals surface area (Å²) in [6.07, 6.45) is 20.5. The molecule has 4 rings (SSSR count). The number of fused-ring (bicyclic) bond motifs is 1. The lowest BCUT2D eigenvalue weighted by Crippen LogP contribution is -2.12. The van der Waals surface area contributed by atoms with E-state index in [4.69, 9.17) is 19.4 Å². The Morgan fingerprint density at radius 1 is 0.543 bits per heavy atom. The molecule has 0 saturated carbocycles. The van der Waals surface area contributed by atoms with E-state index in [-0.39, 0.29) is 0 Å². The summed E-state index contributed by atoms with van der Waals surface area (Å²) in [7, 11) is 0. The Balaban J connectivity index is 1.44. The largest absolute Gasteiger partial charge is 0.492 e. The van der Waals surface area contributed by atoms with Crippen molar-refractivity contribution in [2.45, 2.75) is 130 Å². The van der Waals surface area contributed by atoms with Gasteiger partial charge in [0.1, 0.15) is 31.3 Å². The maximum absolute atomic E-state index is 6.53. The van der Waals surface area contributed by atoms with Crippen molar-refractivity contribution in [2.75, 3.05) is 13.2 Å². The van der Waals surface area contributed by atoms with Crippen molar-refractivity contribution in [2.24, 2.45) is 11.8 Å². The molecule has 0 amide bonds. The number of halogens is 2. The van der Waals surface area contributed by atoms with E-state index in [1.54, 1.807) is 45.3 Å². The molecule has 0 aliphatic rings. The lowest BCUT2D eigenvalue weighted by atomic mass is 9.96. The van der Waals surface area contributed by atoms with E-state index < -0.39 is 0 Å². The van der Waals surface area contributed by atoms with E-state index in [9.17, 15) is 0 Å². The highest BCUT2D eigenvalue weighted by molar-refractivity contribution is 9.11. The van der Waals surface area contributed by atoms with Gasteiger partial charge in [0.25, 0.3) is 0 Å². The third-order valence-electron chi connectivity index (χ3n) is 8.51. The van der Waals surface area contributed by atoms with Crippen molar-refractivity contribution < 1.29 is 9.47 Å². The van der Waals surface area contributed by atoms with Crippen LogP contribution >= 0.6 is 77.2 Å². The Bertz CT molecular complexity index is 1300. The van der Waals surface area contributed by atoms with Gasteiger partial charge in [-0.2, -0.15) is 0 Å². The highest BCUT2D eigenvalue weighted by Gasteiger charge is 2.22. The first-order chi connectivity index (χ1) is 22.4. The van der Waals surface area contributed by atoms with Gasteiger partial charge in [0, 0.05) is 12.1 Å².